The van der Waals surface area contributed by atoms with Gasteiger partial charge in [-0.1, -0.05) is 23.7 Å². The molecule has 1 heterocycles. The predicted molar refractivity (Wildman–Crippen MR) is 74.8 cm³/mol. The highest BCUT2D eigenvalue weighted by Crippen LogP contribution is 2.24. The Bertz CT molecular complexity index is 368. The molecule has 94 valence electrons. The third-order valence-corrected chi connectivity index (χ3v) is 4.60. The van der Waals surface area contributed by atoms with E-state index in [4.69, 9.17) is 11.6 Å². The summed E-state index contributed by atoms with van der Waals surface area (Å²) in [7, 11) is 2.09. The molecular formula is C13H18ClNOS. The molecule has 1 saturated heterocycles. The van der Waals surface area contributed by atoms with E-state index in [1.807, 2.05) is 36.0 Å². The lowest BCUT2D eigenvalue weighted by atomic mass is 10.1. The van der Waals surface area contributed by atoms with E-state index in [1.165, 1.54) is 17.9 Å². The minimum Gasteiger partial charge on any atom is -0.387 e. The van der Waals surface area contributed by atoms with Crippen molar-refractivity contribution in [3.8, 4) is 0 Å². The molecule has 2 rings (SSSR count). The van der Waals surface area contributed by atoms with Gasteiger partial charge in [0.1, 0.15) is 0 Å². The second kappa shape index (κ2) is 6.10. The highest BCUT2D eigenvalue weighted by Gasteiger charge is 2.22. The number of likely N-dealkylation sites (N-methyl/N-ethyl adjacent to an activating group) is 1. The zero-order valence-electron chi connectivity index (χ0n) is 9.97. The van der Waals surface area contributed by atoms with Gasteiger partial charge in [0.15, 0.2) is 0 Å². The number of nitrogens with zero attached hydrogens (tertiary/aromatic N) is 1. The molecule has 0 radical (unpaired) electrons. The molecule has 0 aromatic heterocycles. The molecule has 0 saturated carbocycles. The molecule has 2 atom stereocenters. The first-order chi connectivity index (χ1) is 8.16. The summed E-state index contributed by atoms with van der Waals surface area (Å²) in [6.45, 7) is 0.672. The van der Waals surface area contributed by atoms with Gasteiger partial charge in [-0.3, -0.25) is 4.90 Å². The van der Waals surface area contributed by atoms with E-state index < -0.39 is 6.10 Å². The third kappa shape index (κ3) is 3.62. The van der Waals surface area contributed by atoms with E-state index in [-0.39, 0.29) is 0 Å². The number of thioether (sulfide) groups is 1. The van der Waals surface area contributed by atoms with Crippen molar-refractivity contribution in [3.05, 3.63) is 34.9 Å². The zero-order chi connectivity index (χ0) is 12.3. The molecule has 0 aliphatic carbocycles. The molecule has 1 aliphatic rings. The Morgan fingerprint density at radius 2 is 2.41 bits per heavy atom. The number of aliphatic hydroxyl groups is 1. The topological polar surface area (TPSA) is 23.5 Å². The number of hydrogen-bond donors (Lipinski definition) is 1. The fourth-order valence-electron chi connectivity index (χ4n) is 2.11. The smallest absolute Gasteiger partial charge is 0.0917 e. The van der Waals surface area contributed by atoms with E-state index in [0.29, 0.717) is 17.6 Å². The van der Waals surface area contributed by atoms with E-state index in [0.717, 1.165) is 5.56 Å². The van der Waals surface area contributed by atoms with Crippen molar-refractivity contribution in [2.24, 2.45) is 0 Å². The molecular weight excluding hydrogens is 254 g/mol. The van der Waals surface area contributed by atoms with Crippen LogP contribution in [-0.2, 0) is 0 Å². The van der Waals surface area contributed by atoms with Crippen LogP contribution in [0.1, 0.15) is 18.1 Å². The molecule has 0 bridgehead atoms. The maximum Gasteiger partial charge on any atom is 0.0917 e. The fourth-order valence-corrected chi connectivity index (χ4v) is 3.61. The summed E-state index contributed by atoms with van der Waals surface area (Å²) in [5.74, 6) is 2.42. The number of benzene rings is 1. The van der Waals surface area contributed by atoms with Crippen molar-refractivity contribution in [1.29, 1.82) is 0 Å². The maximum absolute atomic E-state index is 10.2. The average Bonchev–Trinajstić information content (AvgIpc) is 2.82. The predicted octanol–water partition coefficient (Wildman–Crippen LogP) is 2.81. The second-order valence-corrected chi connectivity index (χ2v) is 6.11. The number of hydrogen-bond acceptors (Lipinski definition) is 3. The highest BCUT2D eigenvalue weighted by molar-refractivity contribution is 7.99. The Morgan fingerprint density at radius 3 is 3.06 bits per heavy atom. The Morgan fingerprint density at radius 1 is 1.59 bits per heavy atom. The van der Waals surface area contributed by atoms with Crippen LogP contribution in [-0.4, -0.2) is 41.1 Å². The summed E-state index contributed by atoms with van der Waals surface area (Å²) in [6, 6.07) is 8.08. The zero-order valence-corrected chi connectivity index (χ0v) is 11.5. The molecule has 1 aromatic rings. The quantitative estimate of drug-likeness (QED) is 0.911. The SMILES string of the molecule is CN(C[C@H](O)c1cccc(Cl)c1)[C@@H]1CCSC1. The lowest BCUT2D eigenvalue weighted by Gasteiger charge is -2.26. The van der Waals surface area contributed by atoms with Gasteiger partial charge in [0.25, 0.3) is 0 Å². The summed E-state index contributed by atoms with van der Waals surface area (Å²) in [5, 5.41) is 10.8. The van der Waals surface area contributed by atoms with Crippen molar-refractivity contribution in [3.63, 3.8) is 0 Å². The van der Waals surface area contributed by atoms with E-state index in [2.05, 4.69) is 11.9 Å². The first-order valence-electron chi connectivity index (χ1n) is 5.88. The van der Waals surface area contributed by atoms with Gasteiger partial charge in [0.05, 0.1) is 6.10 Å². The first-order valence-corrected chi connectivity index (χ1v) is 7.41. The molecule has 1 aromatic carbocycles. The molecule has 0 spiro atoms. The average molecular weight is 272 g/mol. The van der Waals surface area contributed by atoms with E-state index in [1.54, 1.807) is 0 Å². The van der Waals surface area contributed by atoms with Gasteiger partial charge in [0, 0.05) is 23.4 Å². The summed E-state index contributed by atoms with van der Waals surface area (Å²) >= 11 is 7.92. The standard InChI is InChI=1S/C13H18ClNOS/c1-15(12-5-6-17-9-12)8-13(16)10-3-2-4-11(14)7-10/h2-4,7,12-13,16H,5-6,8-9H2,1H3/t12-,13+/m1/s1. The summed E-state index contributed by atoms with van der Waals surface area (Å²) in [5.41, 5.74) is 0.898. The van der Waals surface area contributed by atoms with Crippen LogP contribution in [0.25, 0.3) is 0 Å². The molecule has 1 aliphatic heterocycles. The molecule has 0 amide bonds. The van der Waals surface area contributed by atoms with Crippen molar-refractivity contribution >= 4 is 23.4 Å². The van der Waals surface area contributed by atoms with Gasteiger partial charge in [-0.15, -0.1) is 0 Å². The fraction of sp³-hybridized carbons (Fsp3) is 0.538. The van der Waals surface area contributed by atoms with Gasteiger partial charge in [-0.2, -0.15) is 11.8 Å². The van der Waals surface area contributed by atoms with E-state index >= 15 is 0 Å². The van der Waals surface area contributed by atoms with Crippen molar-refractivity contribution in [2.75, 3.05) is 25.1 Å². The van der Waals surface area contributed by atoms with Gasteiger partial charge in [-0.05, 0) is 36.9 Å². The Balaban J connectivity index is 1.93. The minimum absolute atomic E-state index is 0.454. The number of aliphatic hydroxyl groups excluding tert-OH is 1. The first kappa shape index (κ1) is 13.2. The molecule has 1 fully saturated rings. The van der Waals surface area contributed by atoms with Crippen LogP contribution in [0.5, 0.6) is 0 Å². The highest BCUT2D eigenvalue weighted by atomic mass is 35.5. The van der Waals surface area contributed by atoms with Crippen molar-refractivity contribution in [2.45, 2.75) is 18.6 Å². The Hall–Kier alpha value is -0.220. The van der Waals surface area contributed by atoms with Gasteiger partial charge in [0.2, 0.25) is 0 Å². The molecule has 1 N–H and O–H groups in total. The number of halogens is 1. The van der Waals surface area contributed by atoms with Crippen LogP contribution in [0.15, 0.2) is 24.3 Å². The summed E-state index contributed by atoms with van der Waals surface area (Å²) < 4.78 is 0. The van der Waals surface area contributed by atoms with Crippen LogP contribution >= 0.6 is 23.4 Å². The van der Waals surface area contributed by atoms with E-state index in [9.17, 15) is 5.11 Å². The van der Waals surface area contributed by atoms with Gasteiger partial charge < -0.3 is 5.11 Å². The van der Waals surface area contributed by atoms with Crippen LogP contribution in [0.2, 0.25) is 5.02 Å². The Labute approximate surface area is 112 Å². The summed E-state index contributed by atoms with van der Waals surface area (Å²) in [6.07, 6.45) is 0.771. The van der Waals surface area contributed by atoms with Crippen LogP contribution in [0.4, 0.5) is 0 Å². The molecule has 2 nitrogen and oxygen atoms in total. The number of rotatable bonds is 4. The molecule has 17 heavy (non-hydrogen) atoms. The lowest BCUT2D eigenvalue weighted by Crippen LogP contribution is -2.34. The third-order valence-electron chi connectivity index (χ3n) is 3.22. The van der Waals surface area contributed by atoms with Crippen LogP contribution < -0.4 is 0 Å². The summed E-state index contributed by atoms with van der Waals surface area (Å²) in [4.78, 5) is 2.26. The van der Waals surface area contributed by atoms with Gasteiger partial charge in [-0.25, -0.2) is 0 Å². The lowest BCUT2D eigenvalue weighted by molar-refractivity contribution is 0.110. The van der Waals surface area contributed by atoms with Crippen molar-refractivity contribution in [1.82, 2.24) is 4.90 Å². The van der Waals surface area contributed by atoms with Gasteiger partial charge >= 0.3 is 0 Å². The molecule has 4 heteroatoms. The van der Waals surface area contributed by atoms with Crippen LogP contribution in [0, 0.1) is 0 Å². The normalized spacial score (nSPS) is 22.0. The largest absolute Gasteiger partial charge is 0.387 e. The minimum atomic E-state index is -0.454. The molecule has 0 unspecified atom stereocenters. The maximum atomic E-state index is 10.2. The Kier molecular flexibility index (Phi) is 4.74. The van der Waals surface area contributed by atoms with Crippen molar-refractivity contribution < 1.29 is 5.11 Å². The second-order valence-electron chi connectivity index (χ2n) is 4.53. The van der Waals surface area contributed by atoms with Crippen LogP contribution in [0.3, 0.4) is 0 Å². The monoisotopic (exact) mass is 271 g/mol.